The fourth-order valence-electron chi connectivity index (χ4n) is 2.24. The Morgan fingerprint density at radius 1 is 1.07 bits per heavy atom. The molecule has 0 saturated carbocycles. The van der Waals surface area contributed by atoms with Crippen LogP contribution in [0.15, 0.2) is 24.3 Å². The first-order valence-corrected chi connectivity index (χ1v) is 9.61. The molecule has 0 spiro atoms. The lowest BCUT2D eigenvalue weighted by Gasteiger charge is -2.08. The molecule has 0 aromatic heterocycles. The molecule has 29 heavy (non-hydrogen) atoms. The minimum atomic E-state index is -5.08. The van der Waals surface area contributed by atoms with E-state index in [1.807, 2.05) is 12.1 Å². The maximum absolute atomic E-state index is 10.6. The van der Waals surface area contributed by atoms with Gasteiger partial charge in [-0.2, -0.15) is 13.2 Å². The number of aliphatic carboxylic acids is 2. The van der Waals surface area contributed by atoms with Crippen LogP contribution in [-0.4, -0.2) is 48.0 Å². The second kappa shape index (κ2) is 15.6. The number of rotatable bonds is 13. The summed E-state index contributed by atoms with van der Waals surface area (Å²) >= 11 is 0. The Hall–Kier alpha value is -2.29. The van der Waals surface area contributed by atoms with Gasteiger partial charge < -0.3 is 20.3 Å². The molecule has 0 radical (unpaired) electrons. The Morgan fingerprint density at radius 2 is 1.72 bits per heavy atom. The first kappa shape index (κ1) is 26.7. The van der Waals surface area contributed by atoms with Crippen molar-refractivity contribution in [3.05, 3.63) is 29.8 Å². The van der Waals surface area contributed by atoms with Crippen molar-refractivity contribution in [2.45, 2.75) is 58.0 Å². The van der Waals surface area contributed by atoms with Crippen LogP contribution in [0.4, 0.5) is 13.2 Å². The molecule has 0 heterocycles. The van der Waals surface area contributed by atoms with Gasteiger partial charge in [0, 0.05) is 6.54 Å². The van der Waals surface area contributed by atoms with E-state index in [9.17, 15) is 18.0 Å². The maximum atomic E-state index is 10.6. The van der Waals surface area contributed by atoms with Crippen molar-refractivity contribution >= 4 is 11.9 Å². The number of unbranched alkanes of at least 4 members (excludes halogenated alkanes) is 4. The van der Waals surface area contributed by atoms with Gasteiger partial charge in [-0.3, -0.25) is 4.79 Å². The Balaban J connectivity index is 0.000000956. The van der Waals surface area contributed by atoms with E-state index in [1.54, 1.807) is 0 Å². The summed E-state index contributed by atoms with van der Waals surface area (Å²) in [5.74, 6) is -2.59. The van der Waals surface area contributed by atoms with Crippen LogP contribution in [0, 0.1) is 0 Å². The van der Waals surface area contributed by atoms with Crippen molar-refractivity contribution < 1.29 is 37.7 Å². The van der Waals surface area contributed by atoms with E-state index in [0.29, 0.717) is 6.54 Å². The summed E-state index contributed by atoms with van der Waals surface area (Å²) in [5.41, 5.74) is 1.21. The largest absolute Gasteiger partial charge is 0.494 e. The summed E-state index contributed by atoms with van der Waals surface area (Å²) in [6, 6.07) is 8.16. The van der Waals surface area contributed by atoms with E-state index < -0.39 is 18.1 Å². The molecule has 9 heteroatoms. The zero-order valence-corrected chi connectivity index (χ0v) is 16.6. The summed E-state index contributed by atoms with van der Waals surface area (Å²) in [4.78, 5) is 19.3. The third kappa shape index (κ3) is 16.4. The van der Waals surface area contributed by atoms with E-state index in [-0.39, 0.29) is 6.42 Å². The fraction of sp³-hybridized carbons (Fsp3) is 0.600. The highest BCUT2D eigenvalue weighted by molar-refractivity contribution is 5.73. The molecule has 0 bridgehead atoms. The SMILES string of the molecule is CCCCCCCOc1cccc(CCNCCC(=O)O)c1.O=C(O)C(F)(F)F. The third-order valence-electron chi connectivity index (χ3n) is 3.76. The van der Waals surface area contributed by atoms with Crippen molar-refractivity contribution in [2.75, 3.05) is 19.7 Å². The molecule has 0 fully saturated rings. The molecular formula is C20H30F3NO5. The van der Waals surface area contributed by atoms with Gasteiger partial charge in [0.2, 0.25) is 0 Å². The second-order valence-corrected chi connectivity index (χ2v) is 6.36. The minimum absolute atomic E-state index is 0.168. The highest BCUT2D eigenvalue weighted by atomic mass is 19.4. The number of nitrogens with one attached hydrogen (secondary N) is 1. The summed E-state index contributed by atoms with van der Waals surface area (Å²) in [6.07, 6.45) is 2.19. The van der Waals surface area contributed by atoms with Gasteiger partial charge in [-0.05, 0) is 37.1 Å². The predicted octanol–water partition coefficient (Wildman–Crippen LogP) is 4.28. The van der Waals surface area contributed by atoms with Crippen molar-refractivity contribution in [2.24, 2.45) is 0 Å². The molecule has 0 atom stereocenters. The highest BCUT2D eigenvalue weighted by Gasteiger charge is 2.38. The van der Waals surface area contributed by atoms with Crippen LogP contribution in [0.1, 0.15) is 51.0 Å². The van der Waals surface area contributed by atoms with Crippen LogP contribution in [0.3, 0.4) is 0 Å². The number of carbonyl (C=O) groups is 2. The smallest absolute Gasteiger partial charge is 0.490 e. The summed E-state index contributed by atoms with van der Waals surface area (Å²) < 4.78 is 37.5. The second-order valence-electron chi connectivity index (χ2n) is 6.36. The monoisotopic (exact) mass is 421 g/mol. The molecule has 0 aliphatic heterocycles. The standard InChI is InChI=1S/C18H29NO3.C2HF3O2/c1-2-3-4-5-6-14-22-17-9-7-8-16(15-17)10-12-19-13-11-18(20)21;3-2(4,5)1(6)7/h7-9,15,19H,2-6,10-14H2,1H3,(H,20,21);(H,6,7). The lowest BCUT2D eigenvalue weighted by molar-refractivity contribution is -0.192. The van der Waals surface area contributed by atoms with Crippen LogP contribution in [-0.2, 0) is 16.0 Å². The van der Waals surface area contributed by atoms with Crippen molar-refractivity contribution in [1.29, 1.82) is 0 Å². The van der Waals surface area contributed by atoms with Gasteiger partial charge in [-0.15, -0.1) is 0 Å². The Kier molecular flexibility index (Phi) is 14.4. The van der Waals surface area contributed by atoms with Gasteiger partial charge in [0.1, 0.15) is 5.75 Å². The van der Waals surface area contributed by atoms with Crippen LogP contribution < -0.4 is 10.1 Å². The van der Waals surface area contributed by atoms with Gasteiger partial charge in [-0.25, -0.2) is 4.79 Å². The number of carboxylic acid groups (broad SMARTS) is 2. The zero-order valence-electron chi connectivity index (χ0n) is 16.6. The van der Waals surface area contributed by atoms with Gasteiger partial charge in [-0.1, -0.05) is 44.7 Å². The number of carboxylic acids is 2. The molecule has 1 rings (SSSR count). The van der Waals surface area contributed by atoms with Gasteiger partial charge in [0.15, 0.2) is 0 Å². The Bertz CT molecular complexity index is 594. The predicted molar refractivity (Wildman–Crippen MR) is 103 cm³/mol. The van der Waals surface area contributed by atoms with Gasteiger partial charge >= 0.3 is 18.1 Å². The van der Waals surface area contributed by atoms with Gasteiger partial charge in [0.25, 0.3) is 0 Å². The molecule has 0 unspecified atom stereocenters. The van der Waals surface area contributed by atoms with E-state index in [2.05, 4.69) is 24.4 Å². The van der Waals surface area contributed by atoms with Crippen molar-refractivity contribution in [3.8, 4) is 5.75 Å². The van der Waals surface area contributed by atoms with Gasteiger partial charge in [0.05, 0.1) is 13.0 Å². The summed E-state index contributed by atoms with van der Waals surface area (Å²) in [7, 11) is 0. The number of ether oxygens (including phenoxy) is 1. The first-order chi connectivity index (χ1) is 13.7. The third-order valence-corrected chi connectivity index (χ3v) is 3.76. The van der Waals surface area contributed by atoms with E-state index in [4.69, 9.17) is 19.7 Å². The summed E-state index contributed by atoms with van der Waals surface area (Å²) in [5, 5.41) is 18.8. The molecule has 1 aromatic rings. The number of benzene rings is 1. The highest BCUT2D eigenvalue weighted by Crippen LogP contribution is 2.15. The average molecular weight is 421 g/mol. The average Bonchev–Trinajstić information content (AvgIpc) is 2.64. The van der Waals surface area contributed by atoms with Crippen LogP contribution in [0.5, 0.6) is 5.75 Å². The number of alkyl halides is 3. The molecule has 0 aliphatic rings. The van der Waals surface area contributed by atoms with E-state index >= 15 is 0 Å². The Morgan fingerprint density at radius 3 is 2.31 bits per heavy atom. The lowest BCUT2D eigenvalue weighted by Crippen LogP contribution is -2.21. The van der Waals surface area contributed by atoms with Crippen molar-refractivity contribution in [3.63, 3.8) is 0 Å². The zero-order chi connectivity index (χ0) is 22.1. The minimum Gasteiger partial charge on any atom is -0.494 e. The lowest BCUT2D eigenvalue weighted by atomic mass is 10.1. The molecule has 6 nitrogen and oxygen atoms in total. The van der Waals surface area contributed by atoms with E-state index in [0.717, 1.165) is 31.7 Å². The molecule has 0 aliphatic carbocycles. The fourth-order valence-corrected chi connectivity index (χ4v) is 2.24. The van der Waals surface area contributed by atoms with Crippen LogP contribution in [0.25, 0.3) is 0 Å². The van der Waals surface area contributed by atoms with E-state index in [1.165, 1.54) is 31.2 Å². The Labute approximate surface area is 169 Å². The van der Waals surface area contributed by atoms with Crippen molar-refractivity contribution in [1.82, 2.24) is 5.32 Å². The molecule has 1 aromatic carbocycles. The molecule has 166 valence electrons. The quantitative estimate of drug-likeness (QED) is 0.412. The van der Waals surface area contributed by atoms with Crippen LogP contribution >= 0.6 is 0 Å². The number of hydrogen-bond donors (Lipinski definition) is 3. The summed E-state index contributed by atoms with van der Waals surface area (Å²) in [6.45, 7) is 4.31. The number of hydrogen-bond acceptors (Lipinski definition) is 4. The molecule has 0 amide bonds. The topological polar surface area (TPSA) is 95.9 Å². The molecule has 0 saturated heterocycles. The maximum Gasteiger partial charge on any atom is 0.490 e. The first-order valence-electron chi connectivity index (χ1n) is 9.61. The molecular weight excluding hydrogens is 391 g/mol. The van der Waals surface area contributed by atoms with Crippen LogP contribution in [0.2, 0.25) is 0 Å². The molecule has 3 N–H and O–H groups in total. The number of halogens is 3. The normalized spacial score (nSPS) is 10.8.